The Balaban J connectivity index is 1.81. The van der Waals surface area contributed by atoms with Crippen LogP contribution in [0.5, 0.6) is 17.2 Å². The number of fused-ring (bicyclic) bond motifs is 1. The number of aliphatic hydroxyl groups is 1. The molecule has 1 aliphatic rings. The number of ether oxygens (including phenoxy) is 1. The monoisotopic (exact) mass is 258 g/mol. The lowest BCUT2D eigenvalue weighted by Gasteiger charge is -2.22. The molecule has 2 aromatic carbocycles. The second kappa shape index (κ2) is 4.17. The van der Waals surface area contributed by atoms with Crippen LogP contribution in [0.4, 0.5) is 0 Å². The van der Waals surface area contributed by atoms with Crippen LogP contribution in [0.1, 0.15) is 11.1 Å². The van der Waals surface area contributed by atoms with E-state index in [0.717, 1.165) is 11.1 Å². The molecule has 0 spiro atoms. The zero-order valence-corrected chi connectivity index (χ0v) is 10.2. The second-order valence-corrected chi connectivity index (χ2v) is 4.86. The topological polar surface area (TPSA) is 69.9 Å². The van der Waals surface area contributed by atoms with E-state index in [-0.39, 0.29) is 11.5 Å². The second-order valence-electron chi connectivity index (χ2n) is 4.86. The molecule has 1 unspecified atom stereocenters. The summed E-state index contributed by atoms with van der Waals surface area (Å²) >= 11 is 0. The van der Waals surface area contributed by atoms with Crippen LogP contribution in [-0.4, -0.2) is 21.1 Å². The van der Waals surface area contributed by atoms with Gasteiger partial charge in [-0.05, 0) is 23.8 Å². The van der Waals surface area contributed by atoms with Crippen LogP contribution in [0.25, 0.3) is 0 Å². The Bertz CT molecular complexity index is 606. The molecular formula is C15H14O4. The molecule has 3 rings (SSSR count). The first kappa shape index (κ1) is 11.9. The molecule has 0 aliphatic carbocycles. The van der Waals surface area contributed by atoms with Gasteiger partial charge in [0.1, 0.15) is 17.2 Å². The standard InChI is InChI=1S/C15H14O4/c16-12-4-1-10(2-5-12)8-15(18)9-11-3-6-13(17)7-14(11)19-15/h1-7,16-18H,8-9H2. The first-order chi connectivity index (χ1) is 9.04. The zero-order chi connectivity index (χ0) is 13.5. The van der Waals surface area contributed by atoms with E-state index in [1.165, 1.54) is 6.07 Å². The maximum Gasteiger partial charge on any atom is 0.216 e. The van der Waals surface area contributed by atoms with Crippen molar-refractivity contribution in [1.82, 2.24) is 0 Å². The summed E-state index contributed by atoms with van der Waals surface area (Å²) in [6, 6.07) is 11.5. The number of hydrogen-bond donors (Lipinski definition) is 3. The van der Waals surface area contributed by atoms with Crippen LogP contribution in [0.15, 0.2) is 42.5 Å². The van der Waals surface area contributed by atoms with E-state index in [1.807, 2.05) is 0 Å². The van der Waals surface area contributed by atoms with Crippen molar-refractivity contribution in [2.24, 2.45) is 0 Å². The van der Waals surface area contributed by atoms with Gasteiger partial charge >= 0.3 is 0 Å². The third kappa shape index (κ3) is 2.35. The molecule has 4 nitrogen and oxygen atoms in total. The lowest BCUT2D eigenvalue weighted by molar-refractivity contribution is -0.119. The fraction of sp³-hybridized carbons (Fsp3) is 0.200. The van der Waals surface area contributed by atoms with Crippen LogP contribution in [0.3, 0.4) is 0 Å². The van der Waals surface area contributed by atoms with Gasteiger partial charge in [0.25, 0.3) is 0 Å². The van der Waals surface area contributed by atoms with Crippen molar-refractivity contribution >= 4 is 0 Å². The van der Waals surface area contributed by atoms with Crippen molar-refractivity contribution < 1.29 is 20.1 Å². The summed E-state index contributed by atoms with van der Waals surface area (Å²) in [5.74, 6) is -0.474. The predicted octanol–water partition coefficient (Wildman–Crippen LogP) is 1.96. The molecule has 19 heavy (non-hydrogen) atoms. The van der Waals surface area contributed by atoms with Crippen molar-refractivity contribution in [3.63, 3.8) is 0 Å². The smallest absolute Gasteiger partial charge is 0.216 e. The van der Waals surface area contributed by atoms with Gasteiger partial charge < -0.3 is 20.1 Å². The molecule has 2 aromatic rings. The third-order valence-corrected chi connectivity index (χ3v) is 3.23. The number of phenolic OH excluding ortho intramolecular Hbond substituents is 2. The van der Waals surface area contributed by atoms with E-state index in [2.05, 4.69) is 0 Å². The fourth-order valence-electron chi connectivity index (χ4n) is 2.35. The highest BCUT2D eigenvalue weighted by atomic mass is 16.6. The molecule has 1 heterocycles. The lowest BCUT2D eigenvalue weighted by Crippen LogP contribution is -2.36. The van der Waals surface area contributed by atoms with E-state index >= 15 is 0 Å². The molecule has 0 fully saturated rings. The summed E-state index contributed by atoms with van der Waals surface area (Å²) in [6.07, 6.45) is 0.701. The van der Waals surface area contributed by atoms with Crippen molar-refractivity contribution in [3.05, 3.63) is 53.6 Å². The number of hydrogen-bond acceptors (Lipinski definition) is 4. The number of phenols is 2. The highest BCUT2D eigenvalue weighted by Gasteiger charge is 2.37. The van der Waals surface area contributed by atoms with Crippen LogP contribution >= 0.6 is 0 Å². The van der Waals surface area contributed by atoms with Gasteiger partial charge in [-0.15, -0.1) is 0 Å². The van der Waals surface area contributed by atoms with Gasteiger partial charge in [0.05, 0.1) is 0 Å². The number of rotatable bonds is 2. The van der Waals surface area contributed by atoms with E-state index < -0.39 is 5.79 Å². The molecule has 0 saturated carbocycles. The SMILES string of the molecule is Oc1ccc(CC2(O)Cc3ccc(O)cc3O2)cc1. The lowest BCUT2D eigenvalue weighted by atomic mass is 10.00. The van der Waals surface area contributed by atoms with E-state index in [0.29, 0.717) is 18.6 Å². The van der Waals surface area contributed by atoms with Crippen molar-refractivity contribution in [2.45, 2.75) is 18.6 Å². The van der Waals surface area contributed by atoms with Crippen LogP contribution in [0, 0.1) is 0 Å². The number of benzene rings is 2. The van der Waals surface area contributed by atoms with Gasteiger partial charge in [0.15, 0.2) is 0 Å². The highest BCUT2D eigenvalue weighted by molar-refractivity contribution is 5.44. The van der Waals surface area contributed by atoms with Gasteiger partial charge in [-0.25, -0.2) is 0 Å². The van der Waals surface area contributed by atoms with E-state index in [4.69, 9.17) is 4.74 Å². The minimum atomic E-state index is -1.30. The van der Waals surface area contributed by atoms with E-state index in [1.54, 1.807) is 36.4 Å². The van der Waals surface area contributed by atoms with Crippen LogP contribution < -0.4 is 4.74 Å². The third-order valence-electron chi connectivity index (χ3n) is 3.23. The Kier molecular flexibility index (Phi) is 2.61. The van der Waals surface area contributed by atoms with Crippen LogP contribution in [0.2, 0.25) is 0 Å². The normalized spacial score (nSPS) is 20.9. The molecule has 3 N–H and O–H groups in total. The molecule has 0 bridgehead atoms. The van der Waals surface area contributed by atoms with Gasteiger partial charge in [-0.3, -0.25) is 0 Å². The average molecular weight is 258 g/mol. The molecule has 1 atom stereocenters. The fourth-order valence-corrected chi connectivity index (χ4v) is 2.35. The van der Waals surface area contributed by atoms with Crippen molar-refractivity contribution in [3.8, 4) is 17.2 Å². The summed E-state index contributed by atoms with van der Waals surface area (Å²) in [4.78, 5) is 0. The van der Waals surface area contributed by atoms with Gasteiger partial charge in [0.2, 0.25) is 5.79 Å². The average Bonchev–Trinajstić information content (AvgIpc) is 2.67. The molecule has 1 aliphatic heterocycles. The molecule has 98 valence electrons. The summed E-state index contributed by atoms with van der Waals surface area (Å²) < 4.78 is 5.54. The summed E-state index contributed by atoms with van der Waals surface area (Å²) in [7, 11) is 0. The van der Waals surface area contributed by atoms with E-state index in [9.17, 15) is 15.3 Å². The maximum atomic E-state index is 10.5. The molecule has 4 heteroatoms. The van der Waals surface area contributed by atoms with Crippen LogP contribution in [-0.2, 0) is 12.8 Å². The Labute approximate surface area is 110 Å². The highest BCUT2D eigenvalue weighted by Crippen LogP contribution is 2.37. The van der Waals surface area contributed by atoms with Gasteiger partial charge in [0, 0.05) is 24.5 Å². The summed E-state index contributed by atoms with van der Waals surface area (Å²) in [5.41, 5.74) is 1.75. The molecular weight excluding hydrogens is 244 g/mol. The minimum Gasteiger partial charge on any atom is -0.508 e. The molecule has 0 saturated heterocycles. The Morgan fingerprint density at radius 2 is 1.68 bits per heavy atom. The molecule has 0 aromatic heterocycles. The Morgan fingerprint density at radius 1 is 1.00 bits per heavy atom. The summed E-state index contributed by atoms with van der Waals surface area (Å²) in [6.45, 7) is 0. The Morgan fingerprint density at radius 3 is 2.42 bits per heavy atom. The van der Waals surface area contributed by atoms with Gasteiger partial charge in [-0.1, -0.05) is 18.2 Å². The molecule has 0 radical (unpaired) electrons. The quantitative estimate of drug-likeness (QED) is 0.770. The maximum absolute atomic E-state index is 10.5. The largest absolute Gasteiger partial charge is 0.508 e. The Hall–Kier alpha value is -2.20. The minimum absolute atomic E-state index is 0.118. The van der Waals surface area contributed by atoms with Crippen molar-refractivity contribution in [1.29, 1.82) is 0 Å². The molecule has 0 amide bonds. The summed E-state index contributed by atoms with van der Waals surface area (Å²) in [5, 5.41) is 29.1. The van der Waals surface area contributed by atoms with Crippen molar-refractivity contribution in [2.75, 3.05) is 0 Å². The predicted molar refractivity (Wildman–Crippen MR) is 69.2 cm³/mol. The number of aromatic hydroxyl groups is 2. The first-order valence-corrected chi connectivity index (χ1v) is 6.05. The first-order valence-electron chi connectivity index (χ1n) is 6.05. The zero-order valence-electron chi connectivity index (χ0n) is 10.2. The van der Waals surface area contributed by atoms with Gasteiger partial charge in [-0.2, -0.15) is 0 Å².